The summed E-state index contributed by atoms with van der Waals surface area (Å²) in [5.41, 5.74) is 1.06. The van der Waals surface area contributed by atoms with Gasteiger partial charge in [0.05, 0.1) is 21.5 Å². The second-order valence-corrected chi connectivity index (χ2v) is 9.03. The van der Waals surface area contributed by atoms with Crippen LogP contribution >= 0.6 is 27.7 Å². The van der Waals surface area contributed by atoms with E-state index in [1.807, 2.05) is 30.3 Å². The Morgan fingerprint density at radius 2 is 1.82 bits per heavy atom. The van der Waals surface area contributed by atoms with Crippen molar-refractivity contribution in [2.45, 2.75) is 6.92 Å². The Kier molecular flexibility index (Phi) is 7.14. The first-order valence-corrected chi connectivity index (χ1v) is 11.9. The van der Waals surface area contributed by atoms with Crippen LogP contribution in [0.25, 0.3) is 16.8 Å². The molecule has 0 unspecified atom stereocenters. The van der Waals surface area contributed by atoms with Crippen molar-refractivity contribution < 1.29 is 28.7 Å². The molecule has 0 aromatic heterocycles. The molecule has 0 aliphatic carbocycles. The highest BCUT2D eigenvalue weighted by atomic mass is 79.9. The zero-order chi connectivity index (χ0) is 24.2. The molecule has 1 aliphatic rings. The first-order chi connectivity index (χ1) is 16.4. The van der Waals surface area contributed by atoms with Crippen molar-refractivity contribution in [2.24, 2.45) is 0 Å². The molecule has 7 nitrogen and oxygen atoms in total. The molecule has 4 rings (SSSR count). The zero-order valence-corrected chi connectivity index (χ0v) is 20.4. The number of rotatable bonds is 6. The summed E-state index contributed by atoms with van der Waals surface area (Å²) < 4.78 is 10.9. The normalized spacial score (nSPS) is 14.6. The topological polar surface area (TPSA) is 90.0 Å². The molecule has 1 saturated heterocycles. The molecule has 3 aromatic carbocycles. The minimum atomic E-state index is -0.647. The lowest BCUT2D eigenvalue weighted by Gasteiger charge is -2.11. The second kappa shape index (κ2) is 10.2. The van der Waals surface area contributed by atoms with E-state index in [0.717, 1.165) is 27.4 Å². The number of fused-ring (bicyclic) bond motifs is 1. The lowest BCUT2D eigenvalue weighted by atomic mass is 10.0. The zero-order valence-electron chi connectivity index (χ0n) is 17.9. The number of amides is 2. The summed E-state index contributed by atoms with van der Waals surface area (Å²) in [4.78, 5) is 50.2. The van der Waals surface area contributed by atoms with E-state index in [2.05, 4.69) is 15.9 Å². The van der Waals surface area contributed by atoms with Gasteiger partial charge < -0.3 is 9.47 Å². The Bertz CT molecular complexity index is 1350. The maximum absolute atomic E-state index is 12.8. The van der Waals surface area contributed by atoms with Gasteiger partial charge >= 0.3 is 11.9 Å². The lowest BCUT2D eigenvalue weighted by molar-refractivity contribution is -0.145. The Balaban J connectivity index is 1.51. The summed E-state index contributed by atoms with van der Waals surface area (Å²) in [7, 11) is 0. The number of hydrogen-bond acceptors (Lipinski definition) is 7. The van der Waals surface area contributed by atoms with E-state index in [9.17, 15) is 19.2 Å². The maximum Gasteiger partial charge on any atom is 0.344 e. The van der Waals surface area contributed by atoms with Crippen LogP contribution in [0.2, 0.25) is 0 Å². The van der Waals surface area contributed by atoms with Crippen molar-refractivity contribution in [3.05, 3.63) is 81.2 Å². The van der Waals surface area contributed by atoms with Gasteiger partial charge in [-0.15, -0.1) is 0 Å². The van der Waals surface area contributed by atoms with E-state index in [4.69, 9.17) is 9.47 Å². The largest absolute Gasteiger partial charge is 0.465 e. The van der Waals surface area contributed by atoms with Crippen LogP contribution < -0.4 is 4.74 Å². The number of carbonyl (C=O) groups is 4. The van der Waals surface area contributed by atoms with Gasteiger partial charge in [0.1, 0.15) is 12.3 Å². The second-order valence-electron chi connectivity index (χ2n) is 7.18. The summed E-state index contributed by atoms with van der Waals surface area (Å²) in [5, 5.41) is 1.19. The highest BCUT2D eigenvalue weighted by molar-refractivity contribution is 9.10. The predicted molar refractivity (Wildman–Crippen MR) is 132 cm³/mol. The number of halogens is 1. The van der Waals surface area contributed by atoms with Crippen LogP contribution in [0.3, 0.4) is 0 Å². The molecule has 2 amide bonds. The molecule has 1 aliphatic heterocycles. The molecular weight excluding hydrogens is 522 g/mol. The van der Waals surface area contributed by atoms with Gasteiger partial charge in [0.15, 0.2) is 0 Å². The van der Waals surface area contributed by atoms with E-state index in [1.165, 1.54) is 6.08 Å². The molecule has 172 valence electrons. The van der Waals surface area contributed by atoms with E-state index in [0.29, 0.717) is 21.3 Å². The van der Waals surface area contributed by atoms with E-state index >= 15 is 0 Å². The SMILES string of the molecule is CCOC(=O)CN1C(=O)S/C(=C\c2ccc(OC(=O)c3cccc4ccccc34)c(Br)c2)C1=O. The Morgan fingerprint density at radius 3 is 2.59 bits per heavy atom. The fourth-order valence-electron chi connectivity index (χ4n) is 3.37. The summed E-state index contributed by atoms with van der Waals surface area (Å²) in [6, 6.07) is 17.9. The standard InChI is InChI=1S/C25H18BrNO6S/c1-2-32-22(28)14-27-23(29)21(34-25(27)31)13-15-10-11-20(19(26)12-15)33-24(30)18-9-5-7-16-6-3-4-8-17(16)18/h3-13H,2,14H2,1H3/b21-13-. The average molecular weight is 540 g/mol. The number of thioether (sulfide) groups is 1. The Labute approximate surface area is 207 Å². The third-order valence-corrected chi connectivity index (χ3v) is 6.46. The summed E-state index contributed by atoms with van der Waals surface area (Å²) in [6.07, 6.45) is 1.54. The minimum absolute atomic E-state index is 0.163. The van der Waals surface area contributed by atoms with Crippen LogP contribution in [0.5, 0.6) is 5.75 Å². The molecule has 34 heavy (non-hydrogen) atoms. The van der Waals surface area contributed by atoms with Gasteiger partial charge in [0, 0.05) is 0 Å². The fourth-order valence-corrected chi connectivity index (χ4v) is 4.69. The Morgan fingerprint density at radius 1 is 1.06 bits per heavy atom. The van der Waals surface area contributed by atoms with E-state index < -0.39 is 29.6 Å². The molecule has 0 spiro atoms. The summed E-state index contributed by atoms with van der Waals surface area (Å²) in [5.74, 6) is -1.40. The van der Waals surface area contributed by atoms with Crippen molar-refractivity contribution in [3.63, 3.8) is 0 Å². The van der Waals surface area contributed by atoms with Gasteiger partial charge in [-0.1, -0.05) is 42.5 Å². The smallest absolute Gasteiger partial charge is 0.344 e. The van der Waals surface area contributed by atoms with Crippen molar-refractivity contribution in [1.29, 1.82) is 0 Å². The molecule has 0 N–H and O–H groups in total. The molecular formula is C25H18BrNO6S. The number of ether oxygens (including phenoxy) is 2. The molecule has 0 saturated carbocycles. The molecule has 0 atom stereocenters. The van der Waals surface area contributed by atoms with Gasteiger partial charge in [-0.05, 0) is 75.2 Å². The summed E-state index contributed by atoms with van der Waals surface area (Å²) >= 11 is 4.15. The molecule has 3 aromatic rings. The van der Waals surface area contributed by atoms with Crippen molar-refractivity contribution in [3.8, 4) is 5.75 Å². The number of benzene rings is 3. The first-order valence-electron chi connectivity index (χ1n) is 10.3. The molecule has 0 bridgehead atoms. The average Bonchev–Trinajstić information content (AvgIpc) is 3.07. The van der Waals surface area contributed by atoms with Gasteiger partial charge in [-0.25, -0.2) is 4.79 Å². The maximum atomic E-state index is 12.8. The van der Waals surface area contributed by atoms with Crippen LogP contribution in [-0.2, 0) is 14.3 Å². The number of imide groups is 1. The van der Waals surface area contributed by atoms with Crippen LogP contribution in [-0.4, -0.2) is 41.1 Å². The number of nitrogens with zero attached hydrogens (tertiary/aromatic N) is 1. The van der Waals surface area contributed by atoms with Crippen LogP contribution in [0.4, 0.5) is 4.79 Å². The van der Waals surface area contributed by atoms with E-state index in [-0.39, 0.29) is 11.5 Å². The van der Waals surface area contributed by atoms with Gasteiger partial charge in [-0.2, -0.15) is 0 Å². The molecule has 9 heteroatoms. The van der Waals surface area contributed by atoms with Crippen molar-refractivity contribution in [2.75, 3.05) is 13.2 Å². The highest BCUT2D eigenvalue weighted by Gasteiger charge is 2.36. The fraction of sp³-hybridized carbons (Fsp3) is 0.120. The van der Waals surface area contributed by atoms with Crippen LogP contribution in [0.15, 0.2) is 70.0 Å². The van der Waals surface area contributed by atoms with E-state index in [1.54, 1.807) is 37.3 Å². The predicted octanol–water partition coefficient (Wildman–Crippen LogP) is 5.42. The van der Waals surface area contributed by atoms with Gasteiger partial charge in [-0.3, -0.25) is 19.3 Å². The number of esters is 2. The highest BCUT2D eigenvalue weighted by Crippen LogP contribution is 2.34. The van der Waals surface area contributed by atoms with Crippen molar-refractivity contribution >= 4 is 67.6 Å². The molecule has 1 fully saturated rings. The monoisotopic (exact) mass is 539 g/mol. The van der Waals surface area contributed by atoms with Gasteiger partial charge in [0.2, 0.25) is 0 Å². The number of hydrogen-bond donors (Lipinski definition) is 0. The summed E-state index contributed by atoms with van der Waals surface area (Å²) in [6.45, 7) is 1.38. The quantitative estimate of drug-likeness (QED) is 0.234. The number of carbonyl (C=O) groups excluding carboxylic acids is 4. The van der Waals surface area contributed by atoms with Crippen LogP contribution in [0, 0.1) is 0 Å². The molecule has 0 radical (unpaired) electrons. The molecule has 1 heterocycles. The third kappa shape index (κ3) is 5.05. The third-order valence-electron chi connectivity index (χ3n) is 4.93. The van der Waals surface area contributed by atoms with Crippen LogP contribution in [0.1, 0.15) is 22.8 Å². The van der Waals surface area contributed by atoms with Gasteiger partial charge in [0.25, 0.3) is 11.1 Å². The lowest BCUT2D eigenvalue weighted by Crippen LogP contribution is -2.34. The van der Waals surface area contributed by atoms with Crippen molar-refractivity contribution in [1.82, 2.24) is 4.90 Å². The minimum Gasteiger partial charge on any atom is -0.465 e. The first kappa shape index (κ1) is 23.7. The Hall–Kier alpha value is -3.43.